The molecule has 6 nitrogen and oxygen atoms in total. The summed E-state index contributed by atoms with van der Waals surface area (Å²) < 4.78 is 4.06. The maximum absolute atomic E-state index is 9.83. The molecule has 0 aliphatic rings. The molecule has 9 heavy (non-hydrogen) atoms. The molecular formula is C3H2N2O4. The van der Waals surface area contributed by atoms with Gasteiger partial charge in [0.15, 0.2) is 0 Å². The van der Waals surface area contributed by atoms with Crippen LogP contribution in [0, 0.1) is 10.1 Å². The summed E-state index contributed by atoms with van der Waals surface area (Å²) in [5.74, 6) is -0.694. The first-order valence-electron chi connectivity index (χ1n) is 1.99. The molecule has 1 aromatic rings. The molecule has 1 aromatic heterocycles. The highest BCUT2D eigenvalue weighted by atomic mass is 16.6. The van der Waals surface area contributed by atoms with Gasteiger partial charge < -0.3 is 9.63 Å². The highest BCUT2D eigenvalue weighted by Crippen LogP contribution is 2.21. The monoisotopic (exact) mass is 130 g/mol. The molecule has 1 N–H and O–H groups in total. The standard InChI is InChI=1S/C3H2N2O4/c6-3-2(5(7)8)1-9-4-3/h1H,(H,4,6). The molecule has 0 amide bonds. The third-order valence-corrected chi connectivity index (χ3v) is 0.729. The molecule has 0 unspecified atom stereocenters. The van der Waals surface area contributed by atoms with Gasteiger partial charge in [0.1, 0.15) is 0 Å². The summed E-state index contributed by atoms with van der Waals surface area (Å²) in [5.41, 5.74) is -0.519. The van der Waals surface area contributed by atoms with E-state index in [1.54, 1.807) is 0 Å². The van der Waals surface area contributed by atoms with Crippen molar-refractivity contribution in [3.63, 3.8) is 0 Å². The molecule has 0 spiro atoms. The van der Waals surface area contributed by atoms with Gasteiger partial charge in [-0.3, -0.25) is 10.1 Å². The van der Waals surface area contributed by atoms with E-state index in [1.165, 1.54) is 0 Å². The van der Waals surface area contributed by atoms with Crippen LogP contribution in [0.4, 0.5) is 5.69 Å². The summed E-state index contributed by atoms with van der Waals surface area (Å²) in [4.78, 5) is 9.04. The SMILES string of the molecule is O=[N+]([O-])c1conc1O. The predicted octanol–water partition coefficient (Wildman–Crippen LogP) is 0.288. The molecular weight excluding hydrogens is 128 g/mol. The lowest BCUT2D eigenvalue weighted by molar-refractivity contribution is -0.386. The van der Waals surface area contributed by atoms with Gasteiger partial charge in [0, 0.05) is 0 Å². The van der Waals surface area contributed by atoms with Crippen LogP contribution in [0.15, 0.2) is 10.8 Å². The minimum atomic E-state index is -0.786. The van der Waals surface area contributed by atoms with Gasteiger partial charge in [-0.2, -0.15) is 0 Å². The molecule has 0 aromatic carbocycles. The van der Waals surface area contributed by atoms with Crippen LogP contribution in [0.25, 0.3) is 0 Å². The largest absolute Gasteiger partial charge is 0.486 e. The summed E-state index contributed by atoms with van der Waals surface area (Å²) >= 11 is 0. The van der Waals surface area contributed by atoms with Crippen molar-refractivity contribution in [3.05, 3.63) is 16.4 Å². The molecule has 0 fully saturated rings. The van der Waals surface area contributed by atoms with Gasteiger partial charge >= 0.3 is 11.6 Å². The Hall–Kier alpha value is -1.59. The van der Waals surface area contributed by atoms with E-state index in [1.807, 2.05) is 0 Å². The van der Waals surface area contributed by atoms with Crippen molar-refractivity contribution in [2.24, 2.45) is 0 Å². The average Bonchev–Trinajstić information content (AvgIpc) is 2.13. The van der Waals surface area contributed by atoms with Crippen molar-refractivity contribution >= 4 is 5.69 Å². The van der Waals surface area contributed by atoms with Gasteiger partial charge in [0.2, 0.25) is 6.26 Å². The topological polar surface area (TPSA) is 89.4 Å². The molecule has 0 radical (unpaired) electrons. The van der Waals surface area contributed by atoms with Gasteiger partial charge in [-0.25, -0.2) is 0 Å². The molecule has 0 saturated heterocycles. The maximum atomic E-state index is 9.83. The van der Waals surface area contributed by atoms with E-state index in [2.05, 4.69) is 9.68 Å². The number of nitro groups is 1. The average molecular weight is 130 g/mol. The molecule has 0 saturated carbocycles. The van der Waals surface area contributed by atoms with Crippen LogP contribution in [0.5, 0.6) is 5.88 Å². The minimum Gasteiger partial charge on any atom is -0.486 e. The van der Waals surface area contributed by atoms with Crippen LogP contribution >= 0.6 is 0 Å². The van der Waals surface area contributed by atoms with Crippen molar-refractivity contribution in [3.8, 4) is 5.88 Å². The second kappa shape index (κ2) is 1.73. The summed E-state index contributed by atoms with van der Waals surface area (Å²) in [6.07, 6.45) is 0.759. The molecule has 0 bridgehead atoms. The van der Waals surface area contributed by atoms with Crippen LogP contribution in [-0.4, -0.2) is 15.2 Å². The van der Waals surface area contributed by atoms with Gasteiger partial charge in [0.25, 0.3) is 0 Å². The molecule has 0 aliphatic heterocycles. The van der Waals surface area contributed by atoms with E-state index in [4.69, 9.17) is 5.11 Å². The third-order valence-electron chi connectivity index (χ3n) is 0.729. The highest BCUT2D eigenvalue weighted by Gasteiger charge is 2.16. The Bertz CT molecular complexity index is 229. The second-order valence-electron chi connectivity index (χ2n) is 1.28. The van der Waals surface area contributed by atoms with Crippen LogP contribution in [0.3, 0.4) is 0 Å². The Morgan fingerprint density at radius 3 is 2.78 bits per heavy atom. The van der Waals surface area contributed by atoms with E-state index >= 15 is 0 Å². The van der Waals surface area contributed by atoms with Gasteiger partial charge in [-0.15, -0.1) is 0 Å². The Labute approximate surface area is 48.8 Å². The van der Waals surface area contributed by atoms with E-state index in [0.717, 1.165) is 6.26 Å². The fraction of sp³-hybridized carbons (Fsp3) is 0. The van der Waals surface area contributed by atoms with Crippen LogP contribution < -0.4 is 0 Å². The molecule has 1 rings (SSSR count). The second-order valence-corrected chi connectivity index (χ2v) is 1.28. The predicted molar refractivity (Wildman–Crippen MR) is 24.8 cm³/mol. The summed E-state index contributed by atoms with van der Waals surface area (Å²) in [5, 5.41) is 21.2. The fourth-order valence-corrected chi connectivity index (χ4v) is 0.350. The summed E-state index contributed by atoms with van der Waals surface area (Å²) in [6, 6.07) is 0. The third kappa shape index (κ3) is 0.809. The van der Waals surface area contributed by atoms with Crippen molar-refractivity contribution in [1.82, 2.24) is 5.16 Å². The van der Waals surface area contributed by atoms with Crippen LogP contribution in [-0.2, 0) is 0 Å². The Kier molecular flexibility index (Phi) is 1.07. The van der Waals surface area contributed by atoms with Crippen LogP contribution in [0.1, 0.15) is 0 Å². The van der Waals surface area contributed by atoms with E-state index in [0.29, 0.717) is 0 Å². The maximum Gasteiger partial charge on any atom is 0.371 e. The number of rotatable bonds is 1. The molecule has 1 heterocycles. The first kappa shape index (κ1) is 5.54. The number of nitrogens with zero attached hydrogens (tertiary/aromatic N) is 2. The lowest BCUT2D eigenvalue weighted by atomic mass is 10.6. The first-order valence-corrected chi connectivity index (χ1v) is 1.99. The number of aromatic hydroxyl groups is 1. The highest BCUT2D eigenvalue weighted by molar-refractivity contribution is 5.34. The van der Waals surface area contributed by atoms with Crippen molar-refractivity contribution < 1.29 is 14.6 Å². The Balaban J connectivity index is 3.08. The normalized spacial score (nSPS) is 9.33. The van der Waals surface area contributed by atoms with E-state index in [-0.39, 0.29) is 0 Å². The van der Waals surface area contributed by atoms with Crippen LogP contribution in [0.2, 0.25) is 0 Å². The summed E-state index contributed by atoms with van der Waals surface area (Å²) in [6.45, 7) is 0. The van der Waals surface area contributed by atoms with Gasteiger partial charge in [-0.1, -0.05) is 0 Å². The Morgan fingerprint density at radius 2 is 2.56 bits per heavy atom. The van der Waals surface area contributed by atoms with E-state index < -0.39 is 16.5 Å². The lowest BCUT2D eigenvalue weighted by Crippen LogP contribution is -1.83. The molecule has 48 valence electrons. The first-order chi connectivity index (χ1) is 4.22. The molecule has 0 aliphatic carbocycles. The smallest absolute Gasteiger partial charge is 0.371 e. The number of hydrogen-bond acceptors (Lipinski definition) is 5. The quantitative estimate of drug-likeness (QED) is 0.435. The van der Waals surface area contributed by atoms with Crippen molar-refractivity contribution in [1.29, 1.82) is 0 Å². The van der Waals surface area contributed by atoms with Gasteiger partial charge in [0.05, 0.1) is 4.92 Å². The minimum absolute atomic E-state index is 0.519. The number of aromatic nitrogens is 1. The van der Waals surface area contributed by atoms with E-state index in [9.17, 15) is 10.1 Å². The summed E-state index contributed by atoms with van der Waals surface area (Å²) in [7, 11) is 0. The van der Waals surface area contributed by atoms with Gasteiger partial charge in [-0.05, 0) is 5.16 Å². The number of hydrogen-bond donors (Lipinski definition) is 1. The van der Waals surface area contributed by atoms with Crippen molar-refractivity contribution in [2.45, 2.75) is 0 Å². The fourth-order valence-electron chi connectivity index (χ4n) is 0.350. The molecule has 6 heteroatoms. The lowest BCUT2D eigenvalue weighted by Gasteiger charge is -1.79. The Morgan fingerprint density at radius 1 is 1.89 bits per heavy atom. The zero-order valence-corrected chi connectivity index (χ0v) is 4.14. The van der Waals surface area contributed by atoms with Crippen molar-refractivity contribution in [2.75, 3.05) is 0 Å². The zero-order chi connectivity index (χ0) is 6.85. The zero-order valence-electron chi connectivity index (χ0n) is 4.14. The molecule has 0 atom stereocenters.